The summed E-state index contributed by atoms with van der Waals surface area (Å²) in [5.41, 5.74) is 0. The van der Waals surface area contributed by atoms with Gasteiger partial charge >= 0.3 is 0 Å². The van der Waals surface area contributed by atoms with Crippen molar-refractivity contribution in [3.63, 3.8) is 0 Å². The second-order valence-electron chi connectivity index (χ2n) is 4.88. The highest BCUT2D eigenvalue weighted by atomic mass is 32.1. The Bertz CT molecular complexity index is 323. The van der Waals surface area contributed by atoms with Gasteiger partial charge in [-0.25, -0.2) is 0 Å². The first-order valence-electron chi connectivity index (χ1n) is 7.48. The number of hydrogen-bond acceptors (Lipinski definition) is 3. The lowest BCUT2D eigenvalue weighted by Gasteiger charge is -2.14. The molecule has 5 N–H and O–H groups in total. The van der Waals surface area contributed by atoms with Gasteiger partial charge in [0.25, 0.3) is 0 Å². The molecule has 8 heteroatoms. The van der Waals surface area contributed by atoms with E-state index in [1.54, 1.807) is 0 Å². The largest absolute Gasteiger partial charge is 0.380 e. The summed E-state index contributed by atoms with van der Waals surface area (Å²) < 4.78 is 0. The van der Waals surface area contributed by atoms with Gasteiger partial charge in [0, 0.05) is 32.7 Å². The van der Waals surface area contributed by atoms with Crippen LogP contribution in [0.2, 0.25) is 0 Å². The molecule has 0 aromatic heterocycles. The lowest BCUT2D eigenvalue weighted by molar-refractivity contribution is 0.680. The van der Waals surface area contributed by atoms with Crippen molar-refractivity contribution in [2.75, 3.05) is 32.7 Å². The minimum atomic E-state index is 0.787. The van der Waals surface area contributed by atoms with Crippen LogP contribution in [0.1, 0.15) is 32.1 Å². The summed E-state index contributed by atoms with van der Waals surface area (Å²) in [6, 6.07) is 0. The van der Waals surface area contributed by atoms with Gasteiger partial charge in [-0.15, -0.1) is 0 Å². The molecule has 3 aliphatic heterocycles. The maximum Gasteiger partial charge on any atom is 0.166 e. The van der Waals surface area contributed by atoms with Crippen LogP contribution in [-0.4, -0.2) is 47.9 Å². The van der Waals surface area contributed by atoms with E-state index in [1.165, 1.54) is 25.7 Å². The molecular formula is C13H25N5S3. The number of rotatable bonds is 0. The predicted octanol–water partition coefficient (Wildman–Crippen LogP) is 0.796. The monoisotopic (exact) mass is 347 g/mol. The SMILES string of the molecule is S=C1CCCCCN1.S=C1NCCCN1.S=C1NCCN1. The Morgan fingerprint density at radius 2 is 1.05 bits per heavy atom. The molecule has 0 unspecified atom stereocenters. The molecule has 0 saturated carbocycles. The Morgan fingerprint density at radius 3 is 1.52 bits per heavy atom. The van der Waals surface area contributed by atoms with Crippen LogP contribution in [0.25, 0.3) is 0 Å². The van der Waals surface area contributed by atoms with Crippen LogP contribution in [0.5, 0.6) is 0 Å². The van der Waals surface area contributed by atoms with E-state index >= 15 is 0 Å². The van der Waals surface area contributed by atoms with Crippen molar-refractivity contribution in [2.45, 2.75) is 32.1 Å². The van der Waals surface area contributed by atoms with E-state index in [4.69, 9.17) is 36.7 Å². The van der Waals surface area contributed by atoms with E-state index in [1.807, 2.05) is 0 Å². The first-order chi connectivity index (χ1) is 10.2. The van der Waals surface area contributed by atoms with Crippen molar-refractivity contribution in [3.8, 4) is 0 Å². The van der Waals surface area contributed by atoms with Gasteiger partial charge < -0.3 is 26.6 Å². The average molecular weight is 348 g/mol. The Kier molecular flexibility index (Phi) is 10.4. The molecule has 5 nitrogen and oxygen atoms in total. The number of thiocarbonyl (C=S) groups is 3. The standard InChI is InChI=1S/C6H11NS.C4H8N2S.C3H6N2S/c8-6-4-2-1-3-5-7-6;7-4-5-2-1-3-6-4;6-3-4-1-2-5-3/h1-5H2,(H,7,8);1-3H2,(H2,5,6,7);1-2H2,(H2,4,5,6). The van der Waals surface area contributed by atoms with E-state index < -0.39 is 0 Å². The first-order valence-corrected chi connectivity index (χ1v) is 8.71. The van der Waals surface area contributed by atoms with Crippen molar-refractivity contribution in [3.05, 3.63) is 0 Å². The topological polar surface area (TPSA) is 60.1 Å². The summed E-state index contributed by atoms with van der Waals surface area (Å²) in [6.45, 7) is 5.13. The fraction of sp³-hybridized carbons (Fsp3) is 0.769. The summed E-state index contributed by atoms with van der Waals surface area (Å²) in [7, 11) is 0. The van der Waals surface area contributed by atoms with Crippen LogP contribution in [0, 0.1) is 0 Å². The summed E-state index contributed by atoms with van der Waals surface area (Å²) in [4.78, 5) is 1.06. The molecule has 0 radical (unpaired) electrons. The highest BCUT2D eigenvalue weighted by molar-refractivity contribution is 7.80. The fourth-order valence-electron chi connectivity index (χ4n) is 1.87. The summed E-state index contributed by atoms with van der Waals surface area (Å²) in [5.74, 6) is 0. The summed E-state index contributed by atoms with van der Waals surface area (Å²) in [6.07, 6.45) is 6.20. The third-order valence-corrected chi connectivity index (χ3v) is 3.95. The Labute approximate surface area is 143 Å². The molecule has 0 aromatic carbocycles. The molecule has 3 aliphatic rings. The summed E-state index contributed by atoms with van der Waals surface area (Å²) in [5, 5.41) is 16.6. The maximum atomic E-state index is 4.98. The lowest BCUT2D eigenvalue weighted by Crippen LogP contribution is -2.42. The molecule has 0 atom stereocenters. The van der Waals surface area contributed by atoms with Crippen LogP contribution in [0.15, 0.2) is 0 Å². The van der Waals surface area contributed by atoms with Crippen LogP contribution >= 0.6 is 36.7 Å². The smallest absolute Gasteiger partial charge is 0.166 e. The molecular weight excluding hydrogens is 322 g/mol. The molecule has 0 bridgehead atoms. The van der Waals surface area contributed by atoms with Crippen molar-refractivity contribution in [2.24, 2.45) is 0 Å². The van der Waals surface area contributed by atoms with Crippen molar-refractivity contribution >= 4 is 51.9 Å². The highest BCUT2D eigenvalue weighted by Gasteiger charge is 2.00. The van der Waals surface area contributed by atoms with E-state index in [2.05, 4.69) is 26.6 Å². The average Bonchev–Trinajstić information content (AvgIpc) is 2.83. The molecule has 3 fully saturated rings. The zero-order chi connectivity index (χ0) is 15.3. The van der Waals surface area contributed by atoms with Gasteiger partial charge in [-0.3, -0.25) is 0 Å². The number of hydrogen-bond donors (Lipinski definition) is 5. The molecule has 0 aliphatic carbocycles. The molecule has 3 saturated heterocycles. The van der Waals surface area contributed by atoms with E-state index in [0.717, 1.165) is 54.4 Å². The third-order valence-electron chi connectivity index (χ3n) is 3.02. The Morgan fingerprint density at radius 1 is 0.524 bits per heavy atom. The molecule has 21 heavy (non-hydrogen) atoms. The minimum absolute atomic E-state index is 0.787. The Hall–Kier alpha value is -0.730. The van der Waals surface area contributed by atoms with E-state index in [-0.39, 0.29) is 0 Å². The second-order valence-corrected chi connectivity index (χ2v) is 6.19. The molecule has 0 amide bonds. The van der Waals surface area contributed by atoms with Crippen molar-refractivity contribution in [1.82, 2.24) is 26.6 Å². The van der Waals surface area contributed by atoms with Crippen LogP contribution in [0.3, 0.4) is 0 Å². The first kappa shape index (κ1) is 18.3. The van der Waals surface area contributed by atoms with Gasteiger partial charge in [-0.1, -0.05) is 18.6 Å². The zero-order valence-corrected chi connectivity index (χ0v) is 14.7. The van der Waals surface area contributed by atoms with Gasteiger partial charge in [0.15, 0.2) is 10.2 Å². The normalized spacial score (nSPS) is 20.7. The maximum absolute atomic E-state index is 4.98. The van der Waals surface area contributed by atoms with Crippen LogP contribution in [-0.2, 0) is 0 Å². The highest BCUT2D eigenvalue weighted by Crippen LogP contribution is 2.03. The van der Waals surface area contributed by atoms with Crippen molar-refractivity contribution < 1.29 is 0 Å². The molecule has 0 spiro atoms. The van der Waals surface area contributed by atoms with Gasteiger partial charge in [0.2, 0.25) is 0 Å². The lowest BCUT2D eigenvalue weighted by atomic mass is 10.2. The third kappa shape index (κ3) is 10.6. The molecule has 120 valence electrons. The fourth-order valence-corrected chi connectivity index (χ4v) is 2.53. The van der Waals surface area contributed by atoms with Gasteiger partial charge in [-0.2, -0.15) is 0 Å². The van der Waals surface area contributed by atoms with E-state index in [9.17, 15) is 0 Å². The predicted molar refractivity (Wildman–Crippen MR) is 101 cm³/mol. The quantitative estimate of drug-likeness (QED) is 0.413. The van der Waals surface area contributed by atoms with Crippen molar-refractivity contribution in [1.29, 1.82) is 0 Å². The van der Waals surface area contributed by atoms with Gasteiger partial charge in [0.05, 0.1) is 4.99 Å². The van der Waals surface area contributed by atoms with Gasteiger partial charge in [0.1, 0.15) is 0 Å². The van der Waals surface area contributed by atoms with E-state index in [0.29, 0.717) is 0 Å². The Balaban J connectivity index is 0.000000159. The summed E-state index contributed by atoms with van der Waals surface area (Å²) >= 11 is 14.5. The zero-order valence-electron chi connectivity index (χ0n) is 12.3. The minimum Gasteiger partial charge on any atom is -0.380 e. The van der Waals surface area contributed by atoms with Crippen LogP contribution in [0.4, 0.5) is 0 Å². The second kappa shape index (κ2) is 11.9. The molecule has 3 heterocycles. The van der Waals surface area contributed by atoms with Gasteiger partial charge in [-0.05, 0) is 50.1 Å². The molecule has 3 rings (SSSR count). The van der Waals surface area contributed by atoms with Crippen LogP contribution < -0.4 is 26.6 Å². The number of nitrogens with one attached hydrogen (secondary N) is 5. The molecule has 0 aromatic rings.